The molecule has 0 amide bonds. The molecular formula is C6H16FN2OP. The molecule has 0 spiro atoms. The third-order valence-electron chi connectivity index (χ3n) is 1.37. The topological polar surface area (TPSA) is 46.3 Å². The highest BCUT2D eigenvalue weighted by molar-refractivity contribution is 7.53. The largest absolute Gasteiger partial charge is 0.378 e. The van der Waals surface area contributed by atoms with Crippen LogP contribution in [-0.2, 0) is 4.57 Å². The van der Waals surface area contributed by atoms with Crippen molar-refractivity contribution in [1.29, 1.82) is 0 Å². The average molecular weight is 182 g/mol. The number of halogens is 1. The summed E-state index contributed by atoms with van der Waals surface area (Å²) in [5, 5.41) is 0. The van der Waals surface area contributed by atoms with Gasteiger partial charge in [0.25, 0.3) is 0 Å². The number of hydrogen-bond acceptors (Lipinski definition) is 1. The predicted molar refractivity (Wildman–Crippen MR) is 45.0 cm³/mol. The second-order valence-electron chi connectivity index (χ2n) is 3.11. The van der Waals surface area contributed by atoms with Crippen molar-refractivity contribution in [3.8, 4) is 0 Å². The fourth-order valence-corrected chi connectivity index (χ4v) is 2.49. The zero-order valence-corrected chi connectivity index (χ0v) is 8.31. The van der Waals surface area contributed by atoms with E-state index in [1.165, 1.54) is 4.67 Å². The second-order valence-corrected chi connectivity index (χ2v) is 4.66. The summed E-state index contributed by atoms with van der Waals surface area (Å²) >= 11 is 0. The fourth-order valence-electron chi connectivity index (χ4n) is 1.23. The van der Waals surface area contributed by atoms with E-state index >= 15 is 0 Å². The normalized spacial score (nSPS) is 17.9. The van der Waals surface area contributed by atoms with Gasteiger partial charge in [0.1, 0.15) is 0 Å². The molecule has 0 aromatic heterocycles. The van der Waals surface area contributed by atoms with Crippen LogP contribution in [0.3, 0.4) is 0 Å². The van der Waals surface area contributed by atoms with Crippen LogP contribution in [0.25, 0.3) is 0 Å². The summed E-state index contributed by atoms with van der Waals surface area (Å²) in [6.07, 6.45) is 0. The minimum Gasteiger partial charge on any atom is -0.251 e. The lowest BCUT2D eigenvalue weighted by molar-refractivity contribution is 0.282. The Balaban J connectivity index is 4.49. The van der Waals surface area contributed by atoms with Crippen LogP contribution < -0.4 is 5.50 Å². The Morgan fingerprint density at radius 3 is 1.55 bits per heavy atom. The van der Waals surface area contributed by atoms with E-state index in [4.69, 9.17) is 5.50 Å². The number of nitrogens with zero attached hydrogens (tertiary/aromatic N) is 1. The van der Waals surface area contributed by atoms with E-state index in [-0.39, 0.29) is 12.1 Å². The van der Waals surface area contributed by atoms with Gasteiger partial charge in [-0.1, -0.05) is 0 Å². The first-order valence-electron chi connectivity index (χ1n) is 3.64. The summed E-state index contributed by atoms with van der Waals surface area (Å²) in [5.74, 6) is 0. The first-order chi connectivity index (χ1) is 4.76. The van der Waals surface area contributed by atoms with Crippen molar-refractivity contribution in [3.05, 3.63) is 0 Å². The first kappa shape index (κ1) is 11.1. The van der Waals surface area contributed by atoms with Gasteiger partial charge in [-0.2, -0.15) is 4.20 Å². The Morgan fingerprint density at radius 1 is 1.27 bits per heavy atom. The summed E-state index contributed by atoms with van der Waals surface area (Å²) in [5.41, 5.74) is 4.90. The van der Waals surface area contributed by atoms with Gasteiger partial charge in [0.15, 0.2) is 0 Å². The van der Waals surface area contributed by atoms with E-state index in [1.54, 1.807) is 27.7 Å². The van der Waals surface area contributed by atoms with Gasteiger partial charge in [-0.05, 0) is 27.7 Å². The Morgan fingerprint density at radius 2 is 1.55 bits per heavy atom. The molecule has 0 radical (unpaired) electrons. The smallest absolute Gasteiger partial charge is 0.251 e. The minimum atomic E-state index is -4.05. The molecule has 5 heteroatoms. The summed E-state index contributed by atoms with van der Waals surface area (Å²) < 4.78 is 24.8. The highest BCUT2D eigenvalue weighted by atomic mass is 31.2. The van der Waals surface area contributed by atoms with Crippen LogP contribution in [0.5, 0.6) is 0 Å². The lowest BCUT2D eigenvalue weighted by Crippen LogP contribution is -2.35. The standard InChI is InChI=1S/C6H16FN2OP/c1-5(2)9(6(3)4)11(7,8)10/h5-6H,1-4H3,(H2,8,10). The van der Waals surface area contributed by atoms with Crippen LogP contribution in [0.4, 0.5) is 4.20 Å². The molecule has 0 aliphatic heterocycles. The predicted octanol–water partition coefficient (Wildman–Crippen LogP) is 2.14. The lowest BCUT2D eigenvalue weighted by atomic mass is 10.3. The molecule has 0 heterocycles. The molecule has 0 saturated heterocycles. The van der Waals surface area contributed by atoms with Gasteiger partial charge >= 0.3 is 7.75 Å². The van der Waals surface area contributed by atoms with Crippen LogP contribution in [0.2, 0.25) is 0 Å². The van der Waals surface area contributed by atoms with Crippen molar-refractivity contribution in [3.63, 3.8) is 0 Å². The Hall–Kier alpha value is 0.0800. The van der Waals surface area contributed by atoms with E-state index in [2.05, 4.69) is 0 Å². The SMILES string of the molecule is CC(C)N(C(C)C)P(N)(=O)F. The van der Waals surface area contributed by atoms with Gasteiger partial charge in [0.05, 0.1) is 0 Å². The van der Waals surface area contributed by atoms with Crippen molar-refractivity contribution in [2.45, 2.75) is 39.8 Å². The molecule has 0 saturated carbocycles. The lowest BCUT2D eigenvalue weighted by Gasteiger charge is -2.29. The summed E-state index contributed by atoms with van der Waals surface area (Å²) in [6.45, 7) is 7.05. The molecule has 0 aliphatic carbocycles. The number of rotatable bonds is 3. The van der Waals surface area contributed by atoms with E-state index in [9.17, 15) is 8.76 Å². The van der Waals surface area contributed by atoms with Crippen molar-refractivity contribution < 1.29 is 8.76 Å². The van der Waals surface area contributed by atoms with Crippen LogP contribution in [0.1, 0.15) is 27.7 Å². The first-order valence-corrected chi connectivity index (χ1v) is 5.26. The molecule has 0 aliphatic rings. The van der Waals surface area contributed by atoms with Crippen LogP contribution in [0.15, 0.2) is 0 Å². The molecule has 1 atom stereocenters. The molecular weight excluding hydrogens is 166 g/mol. The highest BCUT2D eigenvalue weighted by Crippen LogP contribution is 2.45. The molecule has 1 unspecified atom stereocenters. The van der Waals surface area contributed by atoms with Crippen molar-refractivity contribution in [2.24, 2.45) is 5.50 Å². The van der Waals surface area contributed by atoms with Crippen LogP contribution in [-0.4, -0.2) is 16.8 Å². The van der Waals surface area contributed by atoms with E-state index in [0.717, 1.165) is 0 Å². The maximum Gasteiger partial charge on any atom is 0.378 e. The van der Waals surface area contributed by atoms with Crippen molar-refractivity contribution in [2.75, 3.05) is 0 Å². The monoisotopic (exact) mass is 182 g/mol. The Labute approximate surface area is 67.4 Å². The van der Waals surface area contributed by atoms with Crippen LogP contribution in [0, 0.1) is 0 Å². The van der Waals surface area contributed by atoms with Gasteiger partial charge in [-0.15, -0.1) is 0 Å². The van der Waals surface area contributed by atoms with Crippen molar-refractivity contribution in [1.82, 2.24) is 4.67 Å². The molecule has 3 nitrogen and oxygen atoms in total. The zero-order valence-electron chi connectivity index (χ0n) is 7.41. The zero-order chi connectivity index (χ0) is 9.23. The summed E-state index contributed by atoms with van der Waals surface area (Å²) in [6, 6.07) is -0.258. The molecule has 0 bridgehead atoms. The van der Waals surface area contributed by atoms with E-state index in [1.807, 2.05) is 0 Å². The number of hydrogen-bond donors (Lipinski definition) is 1. The van der Waals surface area contributed by atoms with Gasteiger partial charge in [0, 0.05) is 12.1 Å². The van der Waals surface area contributed by atoms with E-state index < -0.39 is 7.75 Å². The van der Waals surface area contributed by atoms with Crippen molar-refractivity contribution >= 4 is 7.75 Å². The molecule has 0 rings (SSSR count). The third kappa shape index (κ3) is 3.32. The maximum atomic E-state index is 12.8. The highest BCUT2D eigenvalue weighted by Gasteiger charge is 2.30. The van der Waals surface area contributed by atoms with Crippen LogP contribution >= 0.6 is 7.75 Å². The molecule has 0 fully saturated rings. The minimum absolute atomic E-state index is 0.129. The van der Waals surface area contributed by atoms with Gasteiger partial charge in [0.2, 0.25) is 0 Å². The molecule has 68 valence electrons. The molecule has 0 aromatic carbocycles. The summed E-state index contributed by atoms with van der Waals surface area (Å²) in [7, 11) is -4.05. The van der Waals surface area contributed by atoms with E-state index in [0.29, 0.717) is 0 Å². The van der Waals surface area contributed by atoms with Gasteiger partial charge in [-0.3, -0.25) is 4.57 Å². The third-order valence-corrected chi connectivity index (χ3v) is 2.93. The van der Waals surface area contributed by atoms with Gasteiger partial charge in [-0.25, -0.2) is 10.2 Å². The quantitative estimate of drug-likeness (QED) is 0.680. The average Bonchev–Trinajstić information content (AvgIpc) is 1.54. The molecule has 0 aromatic rings. The Bertz CT molecular complexity index is 158. The summed E-state index contributed by atoms with van der Waals surface area (Å²) in [4.78, 5) is 0. The Kier molecular flexibility index (Phi) is 3.68. The van der Waals surface area contributed by atoms with Gasteiger partial charge < -0.3 is 0 Å². The maximum absolute atomic E-state index is 12.8. The second kappa shape index (κ2) is 3.65. The fraction of sp³-hybridized carbons (Fsp3) is 1.00. The molecule has 11 heavy (non-hydrogen) atoms. The molecule has 2 N–H and O–H groups in total. The number of nitrogens with two attached hydrogens (primary N) is 1.